The minimum Gasteiger partial charge on any atom is -0.497 e. The standard InChI is InChI=1S/C34H32N2O6S/c1-23-13-16-26(17-14-23)43(38,39)36-29-12-8-7-11-27(29)34-20-30(32(37)41-3)35(21-24-9-5-4-6-10-24)22-33(34,36)28-18-15-25(40-2)19-31(28)42-34/h4-19,30H,20-22H2,1-3H3/t30-,33-,34-/m0/s1. The van der Waals surface area contributed by atoms with E-state index in [1.54, 1.807) is 41.7 Å². The Morgan fingerprint density at radius 1 is 0.930 bits per heavy atom. The molecule has 3 aliphatic rings. The summed E-state index contributed by atoms with van der Waals surface area (Å²) in [7, 11) is -1.16. The number of hydrogen-bond acceptors (Lipinski definition) is 7. The molecule has 0 spiro atoms. The second-order valence-electron chi connectivity index (χ2n) is 11.4. The van der Waals surface area contributed by atoms with Crippen LogP contribution in [-0.4, -0.2) is 46.1 Å². The Kier molecular flexibility index (Phi) is 6.30. The van der Waals surface area contributed by atoms with E-state index in [0.29, 0.717) is 29.3 Å². The van der Waals surface area contributed by atoms with Crippen molar-refractivity contribution < 1.29 is 27.4 Å². The van der Waals surface area contributed by atoms with E-state index >= 15 is 0 Å². The second kappa shape index (κ2) is 9.86. The van der Waals surface area contributed by atoms with E-state index in [2.05, 4.69) is 0 Å². The van der Waals surface area contributed by atoms with Crippen LogP contribution in [0, 0.1) is 6.92 Å². The Morgan fingerprint density at radius 2 is 1.65 bits per heavy atom. The fourth-order valence-corrected chi connectivity index (χ4v) is 9.02. The molecule has 0 saturated carbocycles. The lowest BCUT2D eigenvalue weighted by atomic mass is 9.68. The molecule has 0 bridgehead atoms. The van der Waals surface area contributed by atoms with Gasteiger partial charge in [-0.15, -0.1) is 0 Å². The first-order chi connectivity index (χ1) is 20.7. The predicted octanol–water partition coefficient (Wildman–Crippen LogP) is 5.14. The van der Waals surface area contributed by atoms with Crippen LogP contribution in [0.15, 0.2) is 102 Å². The van der Waals surface area contributed by atoms with Crippen LogP contribution >= 0.6 is 0 Å². The Morgan fingerprint density at radius 3 is 2.37 bits per heavy atom. The highest BCUT2D eigenvalue weighted by molar-refractivity contribution is 7.93. The third-order valence-electron chi connectivity index (χ3n) is 9.11. The lowest BCUT2D eigenvalue weighted by Gasteiger charge is -2.52. The molecule has 3 atom stereocenters. The van der Waals surface area contributed by atoms with Crippen molar-refractivity contribution in [1.29, 1.82) is 0 Å². The number of para-hydroxylation sites is 1. The molecule has 0 unspecified atom stereocenters. The summed E-state index contributed by atoms with van der Waals surface area (Å²) < 4.78 is 49.2. The normalized spacial score (nSPS) is 23.9. The molecule has 1 fully saturated rings. The molecule has 9 heteroatoms. The number of nitrogens with zero attached hydrogens (tertiary/aromatic N) is 2. The van der Waals surface area contributed by atoms with Crippen molar-refractivity contribution in [1.82, 2.24) is 4.90 Å². The lowest BCUT2D eigenvalue weighted by molar-refractivity contribution is -0.157. The first kappa shape index (κ1) is 27.5. The van der Waals surface area contributed by atoms with Crippen LogP contribution in [-0.2, 0) is 37.2 Å². The zero-order chi connectivity index (χ0) is 30.0. The van der Waals surface area contributed by atoms with Crippen molar-refractivity contribution in [3.63, 3.8) is 0 Å². The van der Waals surface area contributed by atoms with Gasteiger partial charge in [-0.25, -0.2) is 12.7 Å². The monoisotopic (exact) mass is 596 g/mol. The van der Waals surface area contributed by atoms with Gasteiger partial charge in [-0.1, -0.05) is 66.2 Å². The van der Waals surface area contributed by atoms with Crippen molar-refractivity contribution >= 4 is 21.7 Å². The molecule has 7 rings (SSSR count). The summed E-state index contributed by atoms with van der Waals surface area (Å²) in [5, 5.41) is 0. The topological polar surface area (TPSA) is 85.4 Å². The van der Waals surface area contributed by atoms with Crippen LogP contribution in [0.3, 0.4) is 0 Å². The number of esters is 1. The summed E-state index contributed by atoms with van der Waals surface area (Å²) in [6.07, 6.45) is 0.181. The van der Waals surface area contributed by atoms with Gasteiger partial charge in [0, 0.05) is 36.7 Å². The number of anilines is 1. The molecule has 0 N–H and O–H groups in total. The summed E-state index contributed by atoms with van der Waals surface area (Å²) in [4.78, 5) is 15.7. The Labute approximate surface area is 251 Å². The number of hydrogen-bond donors (Lipinski definition) is 0. The van der Waals surface area contributed by atoms with Crippen LogP contribution in [0.2, 0.25) is 0 Å². The molecule has 3 aliphatic heterocycles. The number of fused-ring (bicyclic) bond motifs is 2. The van der Waals surface area contributed by atoms with Gasteiger partial charge in [0.15, 0.2) is 5.60 Å². The zero-order valence-electron chi connectivity index (χ0n) is 24.2. The number of aryl methyl sites for hydroxylation is 1. The molecule has 0 radical (unpaired) electrons. The lowest BCUT2D eigenvalue weighted by Crippen LogP contribution is -2.68. The maximum atomic E-state index is 14.9. The van der Waals surface area contributed by atoms with Gasteiger partial charge in [-0.05, 0) is 42.8 Å². The first-order valence-corrected chi connectivity index (χ1v) is 15.6. The van der Waals surface area contributed by atoms with Gasteiger partial charge < -0.3 is 14.2 Å². The number of methoxy groups -OCH3 is 2. The van der Waals surface area contributed by atoms with Crippen LogP contribution < -0.4 is 13.8 Å². The molecule has 43 heavy (non-hydrogen) atoms. The number of carbonyl (C=O) groups is 1. The van der Waals surface area contributed by atoms with E-state index in [-0.39, 0.29) is 17.9 Å². The number of ether oxygens (including phenoxy) is 3. The van der Waals surface area contributed by atoms with Crippen LogP contribution in [0.25, 0.3) is 0 Å². The molecule has 3 heterocycles. The molecular formula is C34H32N2O6S. The van der Waals surface area contributed by atoms with Gasteiger partial charge in [-0.2, -0.15) is 0 Å². The average molecular weight is 597 g/mol. The molecule has 0 amide bonds. The van der Waals surface area contributed by atoms with Crippen molar-refractivity contribution in [2.24, 2.45) is 0 Å². The Bertz CT molecular complexity index is 1830. The number of likely N-dealkylation sites (tertiary alicyclic amines) is 1. The van der Waals surface area contributed by atoms with Crippen molar-refractivity contribution in [2.75, 3.05) is 25.1 Å². The molecule has 0 aromatic heterocycles. The third kappa shape index (κ3) is 3.84. The maximum absolute atomic E-state index is 14.9. The predicted molar refractivity (Wildman–Crippen MR) is 162 cm³/mol. The molecule has 4 aromatic carbocycles. The highest BCUT2D eigenvalue weighted by Gasteiger charge is 2.75. The fraction of sp³-hybridized carbons (Fsp3) is 0.265. The van der Waals surface area contributed by atoms with E-state index in [0.717, 1.165) is 16.7 Å². The summed E-state index contributed by atoms with van der Waals surface area (Å²) >= 11 is 0. The first-order valence-electron chi connectivity index (χ1n) is 14.2. The van der Waals surface area contributed by atoms with E-state index in [9.17, 15) is 13.2 Å². The molecule has 220 valence electrons. The number of carbonyl (C=O) groups excluding carboxylic acids is 1. The Hall–Kier alpha value is -4.34. The van der Waals surface area contributed by atoms with E-state index in [1.807, 2.05) is 78.6 Å². The Balaban J connectivity index is 1.52. The van der Waals surface area contributed by atoms with Gasteiger partial charge in [0.2, 0.25) is 0 Å². The van der Waals surface area contributed by atoms with Crippen molar-refractivity contribution in [3.05, 3.63) is 119 Å². The fourth-order valence-electron chi connectivity index (χ4n) is 7.20. The van der Waals surface area contributed by atoms with E-state index in [1.165, 1.54) is 7.11 Å². The van der Waals surface area contributed by atoms with E-state index < -0.39 is 33.2 Å². The van der Waals surface area contributed by atoms with Gasteiger partial charge in [-0.3, -0.25) is 9.69 Å². The highest BCUT2D eigenvalue weighted by Crippen LogP contribution is 2.68. The van der Waals surface area contributed by atoms with Gasteiger partial charge >= 0.3 is 5.97 Å². The molecule has 8 nitrogen and oxygen atoms in total. The number of piperidine rings is 1. The zero-order valence-corrected chi connectivity index (χ0v) is 25.0. The second-order valence-corrected chi connectivity index (χ2v) is 13.2. The minimum absolute atomic E-state index is 0.181. The van der Waals surface area contributed by atoms with Gasteiger partial charge in [0.05, 0.1) is 24.8 Å². The summed E-state index contributed by atoms with van der Waals surface area (Å²) in [5.74, 6) is 0.728. The smallest absolute Gasteiger partial charge is 0.323 e. The third-order valence-corrected chi connectivity index (χ3v) is 11.0. The molecular weight excluding hydrogens is 564 g/mol. The summed E-state index contributed by atoms with van der Waals surface area (Å²) in [6, 6.07) is 29.1. The van der Waals surface area contributed by atoms with Gasteiger partial charge in [0.25, 0.3) is 10.0 Å². The van der Waals surface area contributed by atoms with Crippen molar-refractivity contribution in [2.45, 2.75) is 42.0 Å². The molecule has 1 saturated heterocycles. The number of sulfonamides is 1. The largest absolute Gasteiger partial charge is 0.497 e. The molecule has 0 aliphatic carbocycles. The minimum atomic E-state index is -4.13. The van der Waals surface area contributed by atoms with Gasteiger partial charge in [0.1, 0.15) is 23.1 Å². The SMILES string of the molecule is COC(=O)[C@@H]1C[C@@]23Oc4cc(OC)ccc4[C@]2(CN1Cc1ccccc1)N(S(=O)(=O)c1ccc(C)cc1)c1ccccc13. The number of rotatable bonds is 6. The van der Waals surface area contributed by atoms with E-state index in [4.69, 9.17) is 14.2 Å². The summed E-state index contributed by atoms with van der Waals surface area (Å²) in [5.41, 5.74) is 1.49. The summed E-state index contributed by atoms with van der Waals surface area (Å²) in [6.45, 7) is 2.52. The average Bonchev–Trinajstić information content (AvgIpc) is 3.44. The number of benzene rings is 4. The van der Waals surface area contributed by atoms with Crippen LogP contribution in [0.5, 0.6) is 11.5 Å². The molecule has 4 aromatic rings. The maximum Gasteiger partial charge on any atom is 0.323 e. The van der Waals surface area contributed by atoms with Crippen LogP contribution in [0.4, 0.5) is 5.69 Å². The van der Waals surface area contributed by atoms with Crippen LogP contribution in [0.1, 0.15) is 28.7 Å². The van der Waals surface area contributed by atoms with Crippen molar-refractivity contribution in [3.8, 4) is 11.5 Å². The quantitative estimate of drug-likeness (QED) is 0.285. The highest BCUT2D eigenvalue weighted by atomic mass is 32.2.